The maximum atomic E-state index is 4.30. The van der Waals surface area contributed by atoms with Gasteiger partial charge in [0.25, 0.3) is 0 Å². The van der Waals surface area contributed by atoms with Crippen LogP contribution in [0.5, 0.6) is 0 Å². The summed E-state index contributed by atoms with van der Waals surface area (Å²) in [6.07, 6.45) is 7.14. The van der Waals surface area contributed by atoms with Gasteiger partial charge in [0.15, 0.2) is 0 Å². The summed E-state index contributed by atoms with van der Waals surface area (Å²) >= 11 is 1.85. The molecule has 0 aliphatic rings. The van der Waals surface area contributed by atoms with Crippen molar-refractivity contribution in [1.29, 1.82) is 0 Å². The topological polar surface area (TPSA) is 29.9 Å². The van der Waals surface area contributed by atoms with E-state index in [0.717, 1.165) is 24.7 Å². The van der Waals surface area contributed by atoms with Gasteiger partial charge in [-0.3, -0.25) is 0 Å². The first kappa shape index (κ1) is 11.4. The summed E-state index contributed by atoms with van der Waals surface area (Å²) in [5, 5.41) is 3.41. The van der Waals surface area contributed by atoms with Crippen molar-refractivity contribution in [3.05, 3.63) is 12.4 Å². The average molecular weight is 213 g/mol. The van der Waals surface area contributed by atoms with Gasteiger partial charge < -0.3 is 9.88 Å². The number of hydrogen-bond acceptors (Lipinski definition) is 3. The zero-order valence-corrected chi connectivity index (χ0v) is 9.97. The highest BCUT2D eigenvalue weighted by Gasteiger charge is 2.05. The van der Waals surface area contributed by atoms with Crippen molar-refractivity contribution in [2.75, 3.05) is 17.3 Å². The van der Waals surface area contributed by atoms with E-state index in [4.69, 9.17) is 0 Å². The van der Waals surface area contributed by atoms with Crippen LogP contribution in [-0.2, 0) is 6.54 Å². The van der Waals surface area contributed by atoms with Gasteiger partial charge in [0.05, 0.1) is 0 Å². The Kier molecular flexibility index (Phi) is 4.87. The van der Waals surface area contributed by atoms with Crippen LogP contribution < -0.4 is 5.32 Å². The molecule has 0 saturated carbocycles. The lowest BCUT2D eigenvalue weighted by Gasteiger charge is -2.14. The third-order valence-electron chi connectivity index (χ3n) is 1.97. The molecule has 1 N–H and O–H groups in total. The van der Waals surface area contributed by atoms with E-state index in [1.165, 1.54) is 0 Å². The van der Waals surface area contributed by atoms with Gasteiger partial charge >= 0.3 is 0 Å². The largest absolute Gasteiger partial charge is 0.352 e. The highest BCUT2D eigenvalue weighted by molar-refractivity contribution is 7.98. The van der Waals surface area contributed by atoms with Gasteiger partial charge in [-0.25, -0.2) is 4.98 Å². The third kappa shape index (κ3) is 3.25. The second-order valence-electron chi connectivity index (χ2n) is 3.44. The van der Waals surface area contributed by atoms with Crippen LogP contribution in [0.15, 0.2) is 12.4 Å². The molecule has 0 bridgehead atoms. The van der Waals surface area contributed by atoms with Crippen molar-refractivity contribution < 1.29 is 0 Å². The van der Waals surface area contributed by atoms with Crippen molar-refractivity contribution in [3.63, 3.8) is 0 Å². The summed E-state index contributed by atoms with van der Waals surface area (Å²) in [7, 11) is 0. The lowest BCUT2D eigenvalue weighted by Crippen LogP contribution is -2.20. The van der Waals surface area contributed by atoms with E-state index in [1.54, 1.807) is 0 Å². The zero-order valence-electron chi connectivity index (χ0n) is 9.16. The van der Waals surface area contributed by atoms with Gasteiger partial charge in [0.2, 0.25) is 5.95 Å². The molecule has 0 aliphatic heterocycles. The smallest absolute Gasteiger partial charge is 0.203 e. The van der Waals surface area contributed by atoms with Crippen LogP contribution in [0.3, 0.4) is 0 Å². The lowest BCUT2D eigenvalue weighted by atomic mass is 10.4. The molecule has 14 heavy (non-hydrogen) atoms. The van der Waals surface area contributed by atoms with Crippen LogP contribution in [0.4, 0.5) is 5.95 Å². The summed E-state index contributed by atoms with van der Waals surface area (Å²) in [5.74, 6) is 2.10. The van der Waals surface area contributed by atoms with Crippen LogP contribution in [0.2, 0.25) is 0 Å². The molecule has 0 radical (unpaired) electrons. The molecule has 1 atom stereocenters. The van der Waals surface area contributed by atoms with Gasteiger partial charge in [-0.05, 0) is 19.6 Å². The van der Waals surface area contributed by atoms with Gasteiger partial charge in [0.1, 0.15) is 0 Å². The summed E-state index contributed by atoms with van der Waals surface area (Å²) in [6.45, 7) is 5.39. The van der Waals surface area contributed by atoms with E-state index in [2.05, 4.69) is 35.0 Å². The number of nitrogens with zero attached hydrogens (tertiary/aromatic N) is 2. The number of thioether (sulfide) groups is 1. The Bertz CT molecular complexity index is 260. The van der Waals surface area contributed by atoms with Crippen LogP contribution in [-0.4, -0.2) is 27.6 Å². The minimum absolute atomic E-state index is 0.475. The van der Waals surface area contributed by atoms with E-state index < -0.39 is 0 Å². The Morgan fingerprint density at radius 3 is 3.07 bits per heavy atom. The minimum atomic E-state index is 0.475. The molecule has 3 nitrogen and oxygen atoms in total. The second kappa shape index (κ2) is 5.96. The molecule has 1 heterocycles. The van der Waals surface area contributed by atoms with Crippen LogP contribution >= 0.6 is 11.8 Å². The zero-order chi connectivity index (χ0) is 10.4. The Labute approximate surface area is 90.3 Å². The van der Waals surface area contributed by atoms with Crippen molar-refractivity contribution in [1.82, 2.24) is 9.55 Å². The van der Waals surface area contributed by atoms with Crippen LogP contribution in [0.1, 0.15) is 20.3 Å². The number of anilines is 1. The minimum Gasteiger partial charge on any atom is -0.352 e. The molecule has 1 rings (SSSR count). The number of aryl methyl sites for hydroxylation is 1. The molecule has 0 spiro atoms. The Balaban J connectivity index is 2.52. The molecule has 0 saturated heterocycles. The van der Waals surface area contributed by atoms with Crippen molar-refractivity contribution in [3.8, 4) is 0 Å². The quantitative estimate of drug-likeness (QED) is 0.787. The lowest BCUT2D eigenvalue weighted by molar-refractivity contribution is 0.676. The molecule has 1 aromatic heterocycles. The third-order valence-corrected chi connectivity index (χ3v) is 2.81. The van der Waals surface area contributed by atoms with Gasteiger partial charge in [0, 0.05) is 30.7 Å². The van der Waals surface area contributed by atoms with E-state index in [-0.39, 0.29) is 0 Å². The molecular formula is C10H19N3S. The predicted molar refractivity (Wildman–Crippen MR) is 64.0 cm³/mol. The van der Waals surface area contributed by atoms with Crippen LogP contribution in [0.25, 0.3) is 0 Å². The molecule has 0 aromatic carbocycles. The maximum Gasteiger partial charge on any atom is 0.203 e. The summed E-state index contributed by atoms with van der Waals surface area (Å²) in [4.78, 5) is 4.30. The molecular weight excluding hydrogens is 194 g/mol. The predicted octanol–water partition coefficient (Wildman–Crippen LogP) is 2.46. The maximum absolute atomic E-state index is 4.30. The molecule has 4 heteroatoms. The normalized spacial score (nSPS) is 12.8. The van der Waals surface area contributed by atoms with Crippen molar-refractivity contribution in [2.45, 2.75) is 32.9 Å². The average Bonchev–Trinajstić information content (AvgIpc) is 2.54. The summed E-state index contributed by atoms with van der Waals surface area (Å²) < 4.78 is 2.16. The molecule has 1 aromatic rings. The monoisotopic (exact) mass is 213 g/mol. The molecule has 0 amide bonds. The highest BCUT2D eigenvalue weighted by Crippen LogP contribution is 2.08. The first-order valence-corrected chi connectivity index (χ1v) is 6.44. The number of aromatic nitrogens is 2. The second-order valence-corrected chi connectivity index (χ2v) is 4.36. The fourth-order valence-electron chi connectivity index (χ4n) is 1.38. The molecule has 0 fully saturated rings. The first-order chi connectivity index (χ1) is 6.77. The number of imidazole rings is 1. The van der Waals surface area contributed by atoms with E-state index in [1.807, 2.05) is 24.2 Å². The van der Waals surface area contributed by atoms with Crippen molar-refractivity contribution >= 4 is 17.7 Å². The fourth-order valence-corrected chi connectivity index (χ4v) is 1.97. The molecule has 80 valence electrons. The van der Waals surface area contributed by atoms with Crippen LogP contribution in [0, 0.1) is 0 Å². The van der Waals surface area contributed by atoms with E-state index in [0.29, 0.717) is 6.04 Å². The Hall–Kier alpha value is -0.640. The number of rotatable bonds is 6. The van der Waals surface area contributed by atoms with E-state index in [9.17, 15) is 0 Å². The van der Waals surface area contributed by atoms with Crippen molar-refractivity contribution in [2.24, 2.45) is 0 Å². The van der Waals surface area contributed by atoms with Gasteiger partial charge in [-0.2, -0.15) is 11.8 Å². The highest BCUT2D eigenvalue weighted by atomic mass is 32.2. The fraction of sp³-hybridized carbons (Fsp3) is 0.700. The number of nitrogens with one attached hydrogen (secondary N) is 1. The molecule has 1 unspecified atom stereocenters. The molecule has 0 aliphatic carbocycles. The Morgan fingerprint density at radius 2 is 2.43 bits per heavy atom. The summed E-state index contributed by atoms with van der Waals surface area (Å²) in [6, 6.07) is 0.475. The first-order valence-electron chi connectivity index (χ1n) is 5.04. The SMILES string of the molecule is CCCn1ccnc1NC(C)CSC. The van der Waals surface area contributed by atoms with Gasteiger partial charge in [-0.1, -0.05) is 6.92 Å². The summed E-state index contributed by atoms with van der Waals surface area (Å²) in [5.41, 5.74) is 0. The van der Waals surface area contributed by atoms with Gasteiger partial charge in [-0.15, -0.1) is 0 Å². The van der Waals surface area contributed by atoms with E-state index >= 15 is 0 Å². The Morgan fingerprint density at radius 1 is 1.64 bits per heavy atom. The number of hydrogen-bond donors (Lipinski definition) is 1. The standard InChI is InChI=1S/C10H19N3S/c1-4-6-13-7-5-11-10(13)12-9(2)8-14-3/h5,7,9H,4,6,8H2,1-3H3,(H,11,12).